The van der Waals surface area contributed by atoms with Crippen molar-refractivity contribution in [1.82, 2.24) is 15.2 Å². The van der Waals surface area contributed by atoms with Crippen LogP contribution in [0.1, 0.15) is 38.5 Å². The monoisotopic (exact) mass is 296 g/mol. The summed E-state index contributed by atoms with van der Waals surface area (Å²) in [6, 6.07) is 0.656. The SMILES string of the molecule is CN(C)C1CCCN(c2ncc(CNC(C)(C)C)s2)C1. The van der Waals surface area contributed by atoms with E-state index in [9.17, 15) is 0 Å². The van der Waals surface area contributed by atoms with Crippen LogP contribution in [0.2, 0.25) is 0 Å². The Morgan fingerprint density at radius 1 is 1.45 bits per heavy atom. The summed E-state index contributed by atoms with van der Waals surface area (Å²) in [6.07, 6.45) is 4.59. The zero-order chi connectivity index (χ0) is 14.8. The number of nitrogens with zero attached hydrogens (tertiary/aromatic N) is 3. The number of nitrogens with one attached hydrogen (secondary N) is 1. The molecule has 1 unspecified atom stereocenters. The third kappa shape index (κ3) is 4.43. The minimum atomic E-state index is 0.158. The lowest BCUT2D eigenvalue weighted by Crippen LogP contribution is -2.45. The number of piperidine rings is 1. The molecule has 1 aliphatic heterocycles. The predicted octanol–water partition coefficient (Wildman–Crippen LogP) is 2.56. The molecule has 5 heteroatoms. The molecule has 0 amide bonds. The number of hydrogen-bond donors (Lipinski definition) is 1. The van der Waals surface area contributed by atoms with Gasteiger partial charge in [-0.15, -0.1) is 11.3 Å². The minimum absolute atomic E-state index is 0.158. The van der Waals surface area contributed by atoms with Gasteiger partial charge >= 0.3 is 0 Å². The van der Waals surface area contributed by atoms with Crippen molar-refractivity contribution in [1.29, 1.82) is 0 Å². The second kappa shape index (κ2) is 6.41. The molecule has 1 aromatic heterocycles. The fourth-order valence-corrected chi connectivity index (χ4v) is 3.31. The van der Waals surface area contributed by atoms with Gasteiger partial charge in [0.15, 0.2) is 5.13 Å². The highest BCUT2D eigenvalue weighted by Gasteiger charge is 2.23. The van der Waals surface area contributed by atoms with Gasteiger partial charge in [-0.2, -0.15) is 0 Å². The van der Waals surface area contributed by atoms with Crippen LogP contribution in [-0.2, 0) is 6.54 Å². The second-order valence-corrected chi connectivity index (χ2v) is 8.01. The number of rotatable bonds is 4. The molecular weight excluding hydrogens is 268 g/mol. The zero-order valence-electron chi connectivity index (χ0n) is 13.4. The van der Waals surface area contributed by atoms with Gasteiger partial charge in [-0.1, -0.05) is 0 Å². The van der Waals surface area contributed by atoms with E-state index in [2.05, 4.69) is 55.0 Å². The maximum absolute atomic E-state index is 4.62. The highest BCUT2D eigenvalue weighted by Crippen LogP contribution is 2.26. The molecule has 4 nitrogen and oxygen atoms in total. The largest absolute Gasteiger partial charge is 0.347 e. The third-order valence-electron chi connectivity index (χ3n) is 3.73. The summed E-state index contributed by atoms with van der Waals surface area (Å²) in [5.74, 6) is 0. The van der Waals surface area contributed by atoms with Gasteiger partial charge in [0.2, 0.25) is 0 Å². The molecule has 2 heterocycles. The molecule has 1 saturated heterocycles. The van der Waals surface area contributed by atoms with Crippen molar-refractivity contribution < 1.29 is 0 Å². The van der Waals surface area contributed by atoms with Crippen molar-refractivity contribution in [2.24, 2.45) is 0 Å². The molecule has 0 aromatic carbocycles. The molecule has 0 spiro atoms. The van der Waals surface area contributed by atoms with Crippen molar-refractivity contribution in [2.45, 2.75) is 51.7 Å². The van der Waals surface area contributed by atoms with Crippen LogP contribution in [0.25, 0.3) is 0 Å². The lowest BCUT2D eigenvalue weighted by Gasteiger charge is -2.35. The average Bonchev–Trinajstić information content (AvgIpc) is 2.84. The van der Waals surface area contributed by atoms with Crippen LogP contribution in [-0.4, -0.2) is 48.6 Å². The highest BCUT2D eigenvalue weighted by atomic mass is 32.1. The molecule has 1 aromatic rings. The summed E-state index contributed by atoms with van der Waals surface area (Å²) in [7, 11) is 4.35. The van der Waals surface area contributed by atoms with Crippen LogP contribution in [0, 0.1) is 0 Å². The van der Waals surface area contributed by atoms with Gasteiger partial charge in [-0.25, -0.2) is 4.98 Å². The Morgan fingerprint density at radius 3 is 2.85 bits per heavy atom. The average molecular weight is 296 g/mol. The Morgan fingerprint density at radius 2 is 2.20 bits per heavy atom. The summed E-state index contributed by atoms with van der Waals surface area (Å²) in [5.41, 5.74) is 0.158. The first-order chi connectivity index (χ1) is 9.35. The predicted molar refractivity (Wildman–Crippen MR) is 87.6 cm³/mol. The van der Waals surface area contributed by atoms with Gasteiger partial charge in [-0.05, 0) is 47.7 Å². The first-order valence-electron chi connectivity index (χ1n) is 7.46. The van der Waals surface area contributed by atoms with Crippen LogP contribution < -0.4 is 10.2 Å². The van der Waals surface area contributed by atoms with Crippen LogP contribution in [0.5, 0.6) is 0 Å². The van der Waals surface area contributed by atoms with E-state index in [1.165, 1.54) is 22.9 Å². The van der Waals surface area contributed by atoms with Crippen LogP contribution in [0.15, 0.2) is 6.20 Å². The lowest BCUT2D eigenvalue weighted by atomic mass is 10.1. The number of aromatic nitrogens is 1. The number of hydrogen-bond acceptors (Lipinski definition) is 5. The Kier molecular flexibility index (Phi) is 5.04. The summed E-state index contributed by atoms with van der Waals surface area (Å²) in [5, 5.41) is 4.71. The molecule has 2 rings (SSSR count). The standard InChI is InChI=1S/C15H28N4S/c1-15(2,3)17-10-13-9-16-14(20-13)19-8-6-7-12(11-19)18(4)5/h9,12,17H,6-8,10-11H2,1-5H3. The van der Waals surface area contributed by atoms with Crippen molar-refractivity contribution in [3.8, 4) is 0 Å². The van der Waals surface area contributed by atoms with Crippen LogP contribution in [0.3, 0.4) is 0 Å². The third-order valence-corrected chi connectivity index (χ3v) is 4.79. The quantitative estimate of drug-likeness (QED) is 0.925. The zero-order valence-corrected chi connectivity index (χ0v) is 14.3. The minimum Gasteiger partial charge on any atom is -0.347 e. The summed E-state index contributed by atoms with van der Waals surface area (Å²) in [4.78, 5) is 10.7. The fraction of sp³-hybridized carbons (Fsp3) is 0.800. The molecule has 20 heavy (non-hydrogen) atoms. The van der Waals surface area contributed by atoms with Gasteiger partial charge < -0.3 is 15.1 Å². The molecule has 0 radical (unpaired) electrons. The van der Waals surface area contributed by atoms with Crippen molar-refractivity contribution >= 4 is 16.5 Å². The smallest absolute Gasteiger partial charge is 0.185 e. The van der Waals surface area contributed by atoms with Crippen LogP contribution >= 0.6 is 11.3 Å². The van der Waals surface area contributed by atoms with E-state index in [0.717, 1.165) is 19.6 Å². The summed E-state index contributed by atoms with van der Waals surface area (Å²) in [6.45, 7) is 9.74. The van der Waals surface area contributed by atoms with E-state index >= 15 is 0 Å². The second-order valence-electron chi connectivity index (χ2n) is 6.92. The fourth-order valence-electron chi connectivity index (χ4n) is 2.43. The molecule has 1 fully saturated rings. The maximum atomic E-state index is 4.62. The van der Waals surface area contributed by atoms with Gasteiger partial charge in [-0.3, -0.25) is 0 Å². The van der Waals surface area contributed by atoms with E-state index < -0.39 is 0 Å². The Labute approximate surface area is 127 Å². The molecule has 0 saturated carbocycles. The van der Waals surface area contributed by atoms with Gasteiger partial charge in [0.1, 0.15) is 0 Å². The number of likely N-dealkylation sites (N-methyl/N-ethyl adjacent to an activating group) is 1. The van der Waals surface area contributed by atoms with Crippen LogP contribution in [0.4, 0.5) is 5.13 Å². The molecule has 0 aliphatic carbocycles. The topological polar surface area (TPSA) is 31.4 Å². The maximum Gasteiger partial charge on any atom is 0.185 e. The van der Waals surface area contributed by atoms with Gasteiger partial charge in [0.25, 0.3) is 0 Å². The molecule has 0 bridgehead atoms. The molecule has 1 atom stereocenters. The molecule has 1 N–H and O–H groups in total. The number of thiazole rings is 1. The van der Waals surface area contributed by atoms with E-state index in [0.29, 0.717) is 6.04 Å². The van der Waals surface area contributed by atoms with Crippen molar-refractivity contribution in [3.63, 3.8) is 0 Å². The van der Waals surface area contributed by atoms with Crippen molar-refractivity contribution in [3.05, 3.63) is 11.1 Å². The van der Waals surface area contributed by atoms with E-state index in [1.54, 1.807) is 0 Å². The Balaban J connectivity index is 1.94. The normalized spacial score (nSPS) is 20.7. The first kappa shape index (κ1) is 15.7. The van der Waals surface area contributed by atoms with Gasteiger partial charge in [0, 0.05) is 42.3 Å². The van der Waals surface area contributed by atoms with Gasteiger partial charge in [0.05, 0.1) is 0 Å². The molecule has 1 aliphatic rings. The highest BCUT2D eigenvalue weighted by molar-refractivity contribution is 7.15. The Bertz CT molecular complexity index is 422. The van der Waals surface area contributed by atoms with Crippen molar-refractivity contribution in [2.75, 3.05) is 32.1 Å². The Hall–Kier alpha value is -0.650. The summed E-state index contributed by atoms with van der Waals surface area (Å²) < 4.78 is 0. The van der Waals surface area contributed by atoms with E-state index in [4.69, 9.17) is 0 Å². The van der Waals surface area contributed by atoms with E-state index in [1.807, 2.05) is 17.5 Å². The number of anilines is 1. The molecular formula is C15H28N4S. The first-order valence-corrected chi connectivity index (χ1v) is 8.28. The summed E-state index contributed by atoms with van der Waals surface area (Å²) >= 11 is 1.83. The lowest BCUT2D eigenvalue weighted by molar-refractivity contribution is 0.258. The molecule has 114 valence electrons. The van der Waals surface area contributed by atoms with E-state index in [-0.39, 0.29) is 5.54 Å².